The zero-order chi connectivity index (χ0) is 20.7. The van der Waals surface area contributed by atoms with E-state index in [2.05, 4.69) is 22.5 Å². The Balaban J connectivity index is 1.52. The van der Waals surface area contributed by atoms with Crippen molar-refractivity contribution in [2.45, 2.75) is 18.9 Å². The summed E-state index contributed by atoms with van der Waals surface area (Å²) in [5.41, 5.74) is 4.95. The minimum atomic E-state index is -0.0356. The Hall–Kier alpha value is -3.61. The first kappa shape index (κ1) is 18.4. The van der Waals surface area contributed by atoms with Crippen LogP contribution in [0.25, 0.3) is 0 Å². The zero-order valence-electron chi connectivity index (χ0n) is 16.8. The molecule has 0 saturated carbocycles. The van der Waals surface area contributed by atoms with Gasteiger partial charge in [0.1, 0.15) is 0 Å². The van der Waals surface area contributed by atoms with Crippen molar-refractivity contribution in [3.63, 3.8) is 0 Å². The highest BCUT2D eigenvalue weighted by Gasteiger charge is 2.31. The number of anilines is 2. The fourth-order valence-corrected chi connectivity index (χ4v) is 4.37. The van der Waals surface area contributed by atoms with E-state index >= 15 is 0 Å². The first-order valence-electron chi connectivity index (χ1n) is 10.1. The Bertz CT molecular complexity index is 1110. The molecule has 2 aliphatic rings. The number of benzene rings is 2. The summed E-state index contributed by atoms with van der Waals surface area (Å²) in [6.07, 6.45) is 4.10. The standard InChI is InChI=1S/C23H23N5O2/c1-26-11-12-28(23(26)30)17-7-8-19-20(14-22(29)25-21(19)13-17)18-6-3-2-5-16(18)15-27-10-4-9-24-27/h2-10,13,20H,11-12,14-15H2,1H3,(H,25,29). The second kappa shape index (κ2) is 7.33. The fourth-order valence-electron chi connectivity index (χ4n) is 4.37. The highest BCUT2D eigenvalue weighted by Crippen LogP contribution is 2.40. The normalized spacial score (nSPS) is 18.5. The van der Waals surface area contributed by atoms with Gasteiger partial charge in [-0.15, -0.1) is 0 Å². The van der Waals surface area contributed by atoms with Gasteiger partial charge in [0.2, 0.25) is 5.91 Å². The summed E-state index contributed by atoms with van der Waals surface area (Å²) < 4.78 is 1.89. The molecule has 7 heteroatoms. The van der Waals surface area contributed by atoms with E-state index in [1.54, 1.807) is 23.0 Å². The van der Waals surface area contributed by atoms with E-state index in [-0.39, 0.29) is 17.9 Å². The van der Waals surface area contributed by atoms with Crippen LogP contribution in [0, 0.1) is 0 Å². The SMILES string of the molecule is CN1CCN(c2ccc3c(c2)NC(=O)CC3c2ccccc2Cn2cccn2)C1=O. The maximum atomic E-state index is 12.6. The Morgan fingerprint density at radius 2 is 1.93 bits per heavy atom. The van der Waals surface area contributed by atoms with Crippen LogP contribution in [-0.4, -0.2) is 46.8 Å². The number of nitrogens with zero attached hydrogens (tertiary/aromatic N) is 4. The second-order valence-corrected chi connectivity index (χ2v) is 7.83. The van der Waals surface area contributed by atoms with Crippen LogP contribution in [0.4, 0.5) is 16.2 Å². The monoisotopic (exact) mass is 401 g/mol. The molecule has 3 amide bonds. The Kier molecular flexibility index (Phi) is 4.50. The van der Waals surface area contributed by atoms with E-state index in [0.717, 1.165) is 28.1 Å². The first-order chi connectivity index (χ1) is 14.6. The van der Waals surface area contributed by atoms with Gasteiger partial charge in [0.05, 0.1) is 6.54 Å². The number of hydrogen-bond acceptors (Lipinski definition) is 3. The lowest BCUT2D eigenvalue weighted by Crippen LogP contribution is -2.30. The van der Waals surface area contributed by atoms with Gasteiger partial charge < -0.3 is 10.2 Å². The zero-order valence-corrected chi connectivity index (χ0v) is 16.8. The molecule has 0 radical (unpaired) electrons. The largest absolute Gasteiger partial charge is 0.326 e. The number of carbonyl (C=O) groups excluding carboxylic acids is 2. The topological polar surface area (TPSA) is 70.5 Å². The molecule has 1 fully saturated rings. The van der Waals surface area contributed by atoms with Crippen LogP contribution in [0.3, 0.4) is 0 Å². The number of amides is 3. The minimum absolute atomic E-state index is 0.0107. The lowest BCUT2D eigenvalue weighted by atomic mass is 9.82. The molecule has 0 aliphatic carbocycles. The second-order valence-electron chi connectivity index (χ2n) is 7.83. The molecule has 2 aliphatic heterocycles. The number of carbonyl (C=O) groups is 2. The average Bonchev–Trinajstić information content (AvgIpc) is 3.37. The van der Waals surface area contributed by atoms with Gasteiger partial charge in [-0.3, -0.25) is 14.4 Å². The van der Waals surface area contributed by atoms with E-state index in [4.69, 9.17) is 0 Å². The van der Waals surface area contributed by atoms with E-state index in [1.165, 1.54) is 0 Å². The van der Waals surface area contributed by atoms with Crippen LogP contribution in [0.1, 0.15) is 29.0 Å². The van der Waals surface area contributed by atoms with E-state index in [9.17, 15) is 9.59 Å². The van der Waals surface area contributed by atoms with Gasteiger partial charge in [0.15, 0.2) is 0 Å². The Morgan fingerprint density at radius 1 is 1.07 bits per heavy atom. The maximum absolute atomic E-state index is 12.6. The molecule has 2 aromatic carbocycles. The quantitative estimate of drug-likeness (QED) is 0.729. The molecule has 152 valence electrons. The van der Waals surface area contributed by atoms with Crippen molar-refractivity contribution < 1.29 is 9.59 Å². The third-order valence-corrected chi connectivity index (χ3v) is 5.93. The van der Waals surface area contributed by atoms with Crippen LogP contribution in [0.2, 0.25) is 0 Å². The summed E-state index contributed by atoms with van der Waals surface area (Å²) in [5.74, 6) is -0.0464. The van der Waals surface area contributed by atoms with Gasteiger partial charge in [0.25, 0.3) is 0 Å². The minimum Gasteiger partial charge on any atom is -0.326 e. The van der Waals surface area contributed by atoms with Crippen molar-refractivity contribution in [3.05, 3.63) is 77.6 Å². The number of hydrogen-bond donors (Lipinski definition) is 1. The van der Waals surface area contributed by atoms with E-state index in [0.29, 0.717) is 26.1 Å². The molecule has 1 saturated heterocycles. The Labute approximate surface area is 174 Å². The molecule has 5 rings (SSSR count). The molecule has 1 unspecified atom stereocenters. The van der Waals surface area contributed by atoms with Crippen LogP contribution < -0.4 is 10.2 Å². The van der Waals surface area contributed by atoms with Crippen LogP contribution in [0.5, 0.6) is 0 Å². The van der Waals surface area contributed by atoms with Crippen LogP contribution >= 0.6 is 0 Å². The van der Waals surface area contributed by atoms with Gasteiger partial charge in [0, 0.05) is 56.2 Å². The predicted octanol–water partition coefficient (Wildman–Crippen LogP) is 3.28. The molecule has 3 aromatic rings. The molecule has 0 bridgehead atoms. The number of rotatable bonds is 4. The molecule has 1 aromatic heterocycles. The summed E-state index contributed by atoms with van der Waals surface area (Å²) in [5, 5.41) is 7.33. The summed E-state index contributed by atoms with van der Waals surface area (Å²) in [6, 6.07) is 16.1. The molecule has 3 heterocycles. The van der Waals surface area contributed by atoms with Gasteiger partial charge in [-0.1, -0.05) is 30.3 Å². The number of urea groups is 1. The number of likely N-dealkylation sites (N-methyl/N-ethyl adjacent to an activating group) is 1. The van der Waals surface area contributed by atoms with E-state index in [1.807, 2.05) is 47.3 Å². The molecular formula is C23H23N5O2. The molecule has 1 atom stereocenters. The van der Waals surface area contributed by atoms with Gasteiger partial charge in [-0.25, -0.2) is 4.79 Å². The Morgan fingerprint density at radius 3 is 2.70 bits per heavy atom. The summed E-state index contributed by atoms with van der Waals surface area (Å²) in [4.78, 5) is 28.4. The average molecular weight is 401 g/mol. The molecular weight excluding hydrogens is 378 g/mol. The summed E-state index contributed by atoms with van der Waals surface area (Å²) in [7, 11) is 1.80. The van der Waals surface area contributed by atoms with Gasteiger partial charge >= 0.3 is 6.03 Å². The van der Waals surface area contributed by atoms with Crippen LogP contribution in [-0.2, 0) is 11.3 Å². The smallest absolute Gasteiger partial charge is 0.324 e. The summed E-state index contributed by atoms with van der Waals surface area (Å²) >= 11 is 0. The van der Waals surface area contributed by atoms with Crippen molar-refractivity contribution in [2.24, 2.45) is 0 Å². The maximum Gasteiger partial charge on any atom is 0.324 e. The van der Waals surface area contributed by atoms with E-state index < -0.39 is 0 Å². The fraction of sp³-hybridized carbons (Fsp3) is 0.261. The molecule has 7 nitrogen and oxygen atoms in total. The highest BCUT2D eigenvalue weighted by molar-refractivity contribution is 5.98. The third kappa shape index (κ3) is 3.22. The molecule has 1 N–H and O–H groups in total. The summed E-state index contributed by atoms with van der Waals surface area (Å²) in [6.45, 7) is 2.01. The highest BCUT2D eigenvalue weighted by atomic mass is 16.2. The predicted molar refractivity (Wildman–Crippen MR) is 115 cm³/mol. The third-order valence-electron chi connectivity index (χ3n) is 5.93. The van der Waals surface area contributed by atoms with Crippen molar-refractivity contribution in [3.8, 4) is 0 Å². The van der Waals surface area contributed by atoms with Crippen molar-refractivity contribution in [1.82, 2.24) is 14.7 Å². The van der Waals surface area contributed by atoms with Gasteiger partial charge in [-0.2, -0.15) is 5.10 Å². The van der Waals surface area contributed by atoms with Crippen molar-refractivity contribution in [2.75, 3.05) is 30.4 Å². The van der Waals surface area contributed by atoms with Crippen LogP contribution in [0.15, 0.2) is 60.9 Å². The molecule has 0 spiro atoms. The first-order valence-corrected chi connectivity index (χ1v) is 10.1. The lowest BCUT2D eigenvalue weighted by Gasteiger charge is -2.29. The number of aromatic nitrogens is 2. The molecule has 30 heavy (non-hydrogen) atoms. The lowest BCUT2D eigenvalue weighted by molar-refractivity contribution is -0.116. The van der Waals surface area contributed by atoms with Crippen molar-refractivity contribution in [1.29, 1.82) is 0 Å². The van der Waals surface area contributed by atoms with Gasteiger partial charge in [-0.05, 0) is 34.9 Å². The number of nitrogens with one attached hydrogen (secondary N) is 1. The van der Waals surface area contributed by atoms with Crippen molar-refractivity contribution >= 4 is 23.3 Å². The number of fused-ring (bicyclic) bond motifs is 1.